The summed E-state index contributed by atoms with van der Waals surface area (Å²) in [5.74, 6) is 0.0841. The summed E-state index contributed by atoms with van der Waals surface area (Å²) in [7, 11) is 0. The fraction of sp³-hybridized carbons (Fsp3) is 0.630. The minimum absolute atomic E-state index is 0.00614. The van der Waals surface area contributed by atoms with Gasteiger partial charge in [-0.3, -0.25) is 4.79 Å². The molecule has 5 heteroatoms. The molecular formula is C27H36O5. The third-order valence-electron chi connectivity index (χ3n) is 7.47. The lowest BCUT2D eigenvalue weighted by Crippen LogP contribution is -2.31. The Morgan fingerprint density at radius 1 is 1.16 bits per heavy atom. The minimum atomic E-state index is -0.479. The van der Waals surface area contributed by atoms with Crippen LogP contribution < -0.4 is 0 Å². The van der Waals surface area contributed by atoms with Gasteiger partial charge in [-0.05, 0) is 42.9 Å². The number of fused-ring (bicyclic) bond motifs is 1. The van der Waals surface area contributed by atoms with Gasteiger partial charge in [0.2, 0.25) is 0 Å². The predicted molar refractivity (Wildman–Crippen MR) is 122 cm³/mol. The molecule has 1 aliphatic heterocycles. The molecule has 0 N–H and O–H groups in total. The highest BCUT2D eigenvalue weighted by Crippen LogP contribution is 2.55. The fourth-order valence-electron chi connectivity index (χ4n) is 5.72. The van der Waals surface area contributed by atoms with Crippen LogP contribution in [0.5, 0.6) is 0 Å². The first-order valence-electron chi connectivity index (χ1n) is 12.3. The lowest BCUT2D eigenvalue weighted by Gasteiger charge is -2.26. The van der Waals surface area contributed by atoms with Crippen molar-refractivity contribution in [1.29, 1.82) is 0 Å². The molecule has 2 saturated carbocycles. The van der Waals surface area contributed by atoms with Crippen molar-refractivity contribution in [2.24, 2.45) is 23.7 Å². The Morgan fingerprint density at radius 3 is 2.62 bits per heavy atom. The first-order chi connectivity index (χ1) is 15.5. The molecule has 32 heavy (non-hydrogen) atoms. The van der Waals surface area contributed by atoms with E-state index in [1.165, 1.54) is 0 Å². The van der Waals surface area contributed by atoms with Gasteiger partial charge in [0, 0.05) is 24.7 Å². The van der Waals surface area contributed by atoms with Gasteiger partial charge >= 0.3 is 5.97 Å². The monoisotopic (exact) mass is 440 g/mol. The summed E-state index contributed by atoms with van der Waals surface area (Å²) in [5, 5.41) is 0. The average molecular weight is 441 g/mol. The number of carbonyl (C=O) groups excluding carboxylic acids is 2. The molecule has 2 aliphatic carbocycles. The Balaban J connectivity index is 1.46. The molecular weight excluding hydrogens is 404 g/mol. The SMILES string of the molecule is CCCCCC(C)C(=O)/C=C/[C@@H]1[C@H]2CC3(C[C@H]2C[C@H]1OC(=O)c1ccccc1)OCCO3. The maximum Gasteiger partial charge on any atom is 0.338 e. The molecule has 4 rings (SSSR count). The van der Waals surface area contributed by atoms with E-state index in [2.05, 4.69) is 6.92 Å². The standard InChI is InChI=1S/C27H36O5/c1-3-4-6-9-19(2)24(28)13-12-22-23-18-27(30-14-15-31-27)17-21(23)16-25(22)32-26(29)20-10-7-5-8-11-20/h5,7-8,10-13,19,21-23,25H,3-4,6,9,14-18H2,1-2H3/b13-12+/t19?,21-,22-,23+,25-/m1/s1. The number of ketones is 1. The van der Waals surface area contributed by atoms with Gasteiger partial charge in [0.1, 0.15) is 6.10 Å². The Hall–Kier alpha value is -1.98. The number of rotatable bonds is 9. The molecule has 1 spiro atoms. The van der Waals surface area contributed by atoms with Crippen molar-refractivity contribution in [3.8, 4) is 0 Å². The number of carbonyl (C=O) groups is 2. The van der Waals surface area contributed by atoms with Crippen LogP contribution in [-0.2, 0) is 19.0 Å². The van der Waals surface area contributed by atoms with E-state index >= 15 is 0 Å². The van der Waals surface area contributed by atoms with Crippen LogP contribution in [-0.4, -0.2) is 36.9 Å². The van der Waals surface area contributed by atoms with E-state index in [1.807, 2.05) is 31.2 Å². The van der Waals surface area contributed by atoms with Crippen molar-refractivity contribution in [2.45, 2.75) is 70.7 Å². The van der Waals surface area contributed by atoms with Gasteiger partial charge in [0.25, 0.3) is 0 Å². The van der Waals surface area contributed by atoms with Gasteiger partial charge < -0.3 is 14.2 Å². The lowest BCUT2D eigenvalue weighted by atomic mass is 9.89. The van der Waals surface area contributed by atoms with Gasteiger partial charge in [0.05, 0.1) is 18.8 Å². The Kier molecular flexibility index (Phi) is 7.47. The zero-order valence-electron chi connectivity index (χ0n) is 19.3. The van der Waals surface area contributed by atoms with Crippen LogP contribution in [0.25, 0.3) is 0 Å². The van der Waals surface area contributed by atoms with Crippen LogP contribution in [0.1, 0.15) is 69.2 Å². The summed E-state index contributed by atoms with van der Waals surface area (Å²) in [4.78, 5) is 25.5. The van der Waals surface area contributed by atoms with Gasteiger partial charge in [-0.15, -0.1) is 0 Å². The molecule has 1 aromatic carbocycles. The molecule has 0 aromatic heterocycles. The van der Waals surface area contributed by atoms with Crippen LogP contribution in [0.15, 0.2) is 42.5 Å². The first-order valence-corrected chi connectivity index (χ1v) is 12.3. The number of benzene rings is 1. The van der Waals surface area contributed by atoms with Crippen LogP contribution in [0.3, 0.4) is 0 Å². The number of allylic oxidation sites excluding steroid dienone is 1. The van der Waals surface area contributed by atoms with Gasteiger partial charge in [0.15, 0.2) is 11.6 Å². The Bertz CT molecular complexity index is 811. The maximum absolute atomic E-state index is 12.7. The van der Waals surface area contributed by atoms with Crippen molar-refractivity contribution in [3.63, 3.8) is 0 Å². The molecule has 5 atom stereocenters. The summed E-state index contributed by atoms with van der Waals surface area (Å²) in [6.07, 6.45) is 10.3. The van der Waals surface area contributed by atoms with Crippen molar-refractivity contribution in [1.82, 2.24) is 0 Å². The molecule has 1 unspecified atom stereocenters. The van der Waals surface area contributed by atoms with Crippen LogP contribution >= 0.6 is 0 Å². The fourth-order valence-corrected chi connectivity index (χ4v) is 5.72. The third kappa shape index (κ3) is 5.15. The largest absolute Gasteiger partial charge is 0.458 e. The normalized spacial score (nSPS) is 29.4. The smallest absolute Gasteiger partial charge is 0.338 e. The van der Waals surface area contributed by atoms with E-state index in [0.717, 1.165) is 44.9 Å². The zero-order valence-corrected chi connectivity index (χ0v) is 19.3. The summed E-state index contributed by atoms with van der Waals surface area (Å²) in [6.45, 7) is 5.46. The topological polar surface area (TPSA) is 61.8 Å². The van der Waals surface area contributed by atoms with Crippen molar-refractivity contribution < 1.29 is 23.8 Å². The van der Waals surface area contributed by atoms with Gasteiger partial charge in [-0.25, -0.2) is 4.79 Å². The molecule has 1 heterocycles. The second-order valence-electron chi connectivity index (χ2n) is 9.72. The number of hydrogen-bond acceptors (Lipinski definition) is 5. The number of hydrogen-bond donors (Lipinski definition) is 0. The number of esters is 1. The average Bonchev–Trinajstić information content (AvgIpc) is 3.48. The van der Waals surface area contributed by atoms with Crippen LogP contribution in [0, 0.1) is 23.7 Å². The minimum Gasteiger partial charge on any atom is -0.458 e. The zero-order chi connectivity index (χ0) is 22.6. The summed E-state index contributed by atoms with van der Waals surface area (Å²) < 4.78 is 17.9. The highest BCUT2D eigenvalue weighted by atomic mass is 16.7. The van der Waals surface area contributed by atoms with E-state index in [-0.39, 0.29) is 29.7 Å². The van der Waals surface area contributed by atoms with Crippen molar-refractivity contribution in [3.05, 3.63) is 48.0 Å². The highest BCUT2D eigenvalue weighted by molar-refractivity contribution is 5.91. The Labute approximate surface area is 191 Å². The first kappa shape index (κ1) is 23.2. The van der Waals surface area contributed by atoms with E-state index < -0.39 is 5.79 Å². The lowest BCUT2D eigenvalue weighted by molar-refractivity contribution is -0.157. The molecule has 1 saturated heterocycles. The van der Waals surface area contributed by atoms with E-state index in [4.69, 9.17) is 14.2 Å². The molecule has 174 valence electrons. The maximum atomic E-state index is 12.7. The molecule has 0 amide bonds. The summed E-state index contributed by atoms with van der Waals surface area (Å²) in [6, 6.07) is 9.12. The summed E-state index contributed by atoms with van der Waals surface area (Å²) >= 11 is 0. The highest BCUT2D eigenvalue weighted by Gasteiger charge is 2.57. The van der Waals surface area contributed by atoms with Crippen LogP contribution in [0.4, 0.5) is 0 Å². The van der Waals surface area contributed by atoms with Crippen molar-refractivity contribution >= 4 is 11.8 Å². The van der Waals surface area contributed by atoms with E-state index in [1.54, 1.807) is 18.2 Å². The second-order valence-corrected chi connectivity index (χ2v) is 9.72. The second kappa shape index (κ2) is 10.3. The quantitative estimate of drug-likeness (QED) is 0.295. The van der Waals surface area contributed by atoms with E-state index in [0.29, 0.717) is 30.6 Å². The molecule has 0 radical (unpaired) electrons. The number of unbranched alkanes of at least 4 members (excludes halogenated alkanes) is 2. The Morgan fingerprint density at radius 2 is 1.91 bits per heavy atom. The van der Waals surface area contributed by atoms with Gasteiger partial charge in [-0.1, -0.05) is 57.4 Å². The molecule has 3 aliphatic rings. The van der Waals surface area contributed by atoms with E-state index in [9.17, 15) is 9.59 Å². The molecule has 0 bridgehead atoms. The predicted octanol–water partition coefficient (Wildman–Crippen LogP) is 5.34. The third-order valence-corrected chi connectivity index (χ3v) is 7.47. The number of ether oxygens (including phenoxy) is 3. The van der Waals surface area contributed by atoms with Gasteiger partial charge in [-0.2, -0.15) is 0 Å². The molecule has 5 nitrogen and oxygen atoms in total. The molecule has 1 aromatic rings. The molecule has 3 fully saturated rings. The summed E-state index contributed by atoms with van der Waals surface area (Å²) in [5.41, 5.74) is 0.562. The van der Waals surface area contributed by atoms with Crippen LogP contribution in [0.2, 0.25) is 0 Å². The van der Waals surface area contributed by atoms with Crippen molar-refractivity contribution in [2.75, 3.05) is 13.2 Å².